The molecule has 6 nitrogen and oxygen atoms in total. The number of amides is 1. The van der Waals surface area contributed by atoms with E-state index < -0.39 is 0 Å². The maximum atomic E-state index is 13.0. The van der Waals surface area contributed by atoms with Gasteiger partial charge in [0.25, 0.3) is 0 Å². The van der Waals surface area contributed by atoms with E-state index in [1.54, 1.807) is 18.3 Å². The molecule has 1 unspecified atom stereocenters. The number of pyridine rings is 1. The molecule has 2 saturated heterocycles. The van der Waals surface area contributed by atoms with Crippen molar-refractivity contribution in [1.29, 1.82) is 0 Å². The fourth-order valence-corrected chi connectivity index (χ4v) is 3.77. The van der Waals surface area contributed by atoms with E-state index in [-0.39, 0.29) is 30.5 Å². The van der Waals surface area contributed by atoms with E-state index >= 15 is 0 Å². The topological polar surface area (TPSA) is 54.9 Å². The van der Waals surface area contributed by atoms with Crippen LogP contribution in [0.5, 0.6) is 5.75 Å². The lowest BCUT2D eigenvalue weighted by molar-refractivity contribution is -0.154. The number of ether oxygens (including phenoxy) is 2. The first-order valence-corrected chi connectivity index (χ1v) is 9.64. The second kappa shape index (κ2) is 8.56. The molecule has 0 aliphatic carbocycles. The van der Waals surface area contributed by atoms with Gasteiger partial charge in [-0.2, -0.15) is 0 Å². The number of carbonyl (C=O) groups is 1. The van der Waals surface area contributed by atoms with Crippen molar-refractivity contribution >= 4 is 11.7 Å². The van der Waals surface area contributed by atoms with Crippen LogP contribution in [0.15, 0.2) is 48.7 Å². The average molecular weight is 385 g/mol. The van der Waals surface area contributed by atoms with Crippen LogP contribution in [0.2, 0.25) is 0 Å². The molecule has 28 heavy (non-hydrogen) atoms. The van der Waals surface area contributed by atoms with Crippen LogP contribution >= 0.6 is 0 Å². The third-order valence-electron chi connectivity index (χ3n) is 5.29. The number of carbonyl (C=O) groups excluding carboxylic acids is 1. The van der Waals surface area contributed by atoms with Gasteiger partial charge < -0.3 is 19.3 Å². The molecule has 0 radical (unpaired) electrons. The molecule has 1 atom stereocenters. The molecule has 0 bridgehead atoms. The Morgan fingerprint density at radius 3 is 2.64 bits per heavy atom. The van der Waals surface area contributed by atoms with Gasteiger partial charge in [0.05, 0.1) is 6.54 Å². The molecular weight excluding hydrogens is 361 g/mol. The first-order valence-electron chi connectivity index (χ1n) is 9.64. The summed E-state index contributed by atoms with van der Waals surface area (Å²) < 4.78 is 24.3. The zero-order valence-electron chi connectivity index (χ0n) is 15.7. The molecule has 2 aliphatic rings. The Labute approximate surface area is 163 Å². The summed E-state index contributed by atoms with van der Waals surface area (Å²) in [6.45, 7) is 2.69. The number of benzene rings is 1. The highest BCUT2D eigenvalue weighted by molar-refractivity contribution is 5.78. The summed E-state index contributed by atoms with van der Waals surface area (Å²) in [5, 5.41) is 0. The SMILES string of the molecule is O=C1COC(COc2ccc(F)cc2)CN1C1CCN(c2ccccn2)CC1. The molecule has 4 rings (SSSR count). The van der Waals surface area contributed by atoms with Gasteiger partial charge in [0.1, 0.15) is 36.7 Å². The molecule has 1 amide bonds. The first kappa shape index (κ1) is 18.7. The molecule has 2 aliphatic heterocycles. The molecule has 7 heteroatoms. The van der Waals surface area contributed by atoms with Crippen molar-refractivity contribution in [2.24, 2.45) is 0 Å². The highest BCUT2D eigenvalue weighted by atomic mass is 19.1. The van der Waals surface area contributed by atoms with Crippen LogP contribution in [0.4, 0.5) is 10.2 Å². The van der Waals surface area contributed by atoms with Crippen LogP contribution in [0, 0.1) is 5.82 Å². The van der Waals surface area contributed by atoms with Crippen molar-refractivity contribution in [2.45, 2.75) is 25.0 Å². The van der Waals surface area contributed by atoms with E-state index in [0.717, 1.165) is 31.7 Å². The van der Waals surface area contributed by atoms with Crippen molar-refractivity contribution in [3.05, 3.63) is 54.5 Å². The molecule has 148 valence electrons. The summed E-state index contributed by atoms with van der Waals surface area (Å²) in [5.41, 5.74) is 0. The summed E-state index contributed by atoms with van der Waals surface area (Å²) in [5.74, 6) is 1.32. The predicted molar refractivity (Wildman–Crippen MR) is 103 cm³/mol. The van der Waals surface area contributed by atoms with Gasteiger partial charge in [0, 0.05) is 25.3 Å². The Kier molecular flexibility index (Phi) is 5.71. The van der Waals surface area contributed by atoms with Crippen molar-refractivity contribution in [3.63, 3.8) is 0 Å². The average Bonchev–Trinajstić information content (AvgIpc) is 2.75. The van der Waals surface area contributed by atoms with Gasteiger partial charge in [-0.3, -0.25) is 4.79 Å². The van der Waals surface area contributed by atoms with Gasteiger partial charge in [-0.1, -0.05) is 6.07 Å². The molecule has 0 saturated carbocycles. The molecule has 3 heterocycles. The lowest BCUT2D eigenvalue weighted by Gasteiger charge is -2.42. The van der Waals surface area contributed by atoms with Gasteiger partial charge in [0.15, 0.2) is 0 Å². The Morgan fingerprint density at radius 1 is 1.14 bits per heavy atom. The van der Waals surface area contributed by atoms with Crippen molar-refractivity contribution in [3.8, 4) is 5.75 Å². The predicted octanol–water partition coefficient (Wildman–Crippen LogP) is 2.50. The van der Waals surface area contributed by atoms with E-state index in [4.69, 9.17) is 9.47 Å². The lowest BCUT2D eigenvalue weighted by atomic mass is 10.0. The molecule has 0 N–H and O–H groups in total. The number of hydrogen-bond donors (Lipinski definition) is 0. The van der Waals surface area contributed by atoms with Crippen molar-refractivity contribution in [2.75, 3.05) is 37.7 Å². The monoisotopic (exact) mass is 385 g/mol. The lowest BCUT2D eigenvalue weighted by Crippen LogP contribution is -2.55. The third-order valence-corrected chi connectivity index (χ3v) is 5.29. The Hall–Kier alpha value is -2.67. The van der Waals surface area contributed by atoms with Crippen LogP contribution in [0.3, 0.4) is 0 Å². The zero-order chi connectivity index (χ0) is 19.3. The number of piperidine rings is 1. The fourth-order valence-electron chi connectivity index (χ4n) is 3.77. The van der Waals surface area contributed by atoms with Crippen LogP contribution in [-0.2, 0) is 9.53 Å². The fraction of sp³-hybridized carbons (Fsp3) is 0.429. The van der Waals surface area contributed by atoms with E-state index in [2.05, 4.69) is 9.88 Å². The summed E-state index contributed by atoms with van der Waals surface area (Å²) in [7, 11) is 0. The second-order valence-corrected chi connectivity index (χ2v) is 7.15. The molecule has 0 spiro atoms. The minimum Gasteiger partial charge on any atom is -0.491 e. The number of morpholine rings is 1. The normalized spacial score (nSPS) is 21.0. The van der Waals surface area contributed by atoms with Crippen molar-refractivity contribution in [1.82, 2.24) is 9.88 Å². The van der Waals surface area contributed by atoms with Gasteiger partial charge in [0.2, 0.25) is 5.91 Å². The molecular formula is C21H24FN3O3. The number of rotatable bonds is 5. The van der Waals surface area contributed by atoms with Crippen LogP contribution in [0.1, 0.15) is 12.8 Å². The third kappa shape index (κ3) is 4.42. The van der Waals surface area contributed by atoms with E-state index in [1.807, 2.05) is 23.1 Å². The molecule has 1 aromatic carbocycles. The molecule has 2 fully saturated rings. The van der Waals surface area contributed by atoms with Gasteiger partial charge in [-0.25, -0.2) is 9.37 Å². The standard InChI is InChI=1S/C21H24FN3O3/c22-16-4-6-18(7-5-16)27-14-19-13-25(21(26)15-28-19)17-8-11-24(12-9-17)20-3-1-2-10-23-20/h1-7,10,17,19H,8-9,11-15H2. The zero-order valence-corrected chi connectivity index (χ0v) is 15.7. The summed E-state index contributed by atoms with van der Waals surface area (Å²) in [4.78, 5) is 21.0. The maximum absolute atomic E-state index is 13.0. The summed E-state index contributed by atoms with van der Waals surface area (Å²) in [6.07, 6.45) is 3.44. The highest BCUT2D eigenvalue weighted by Crippen LogP contribution is 2.23. The van der Waals surface area contributed by atoms with Crippen LogP contribution in [-0.4, -0.2) is 60.8 Å². The van der Waals surface area contributed by atoms with Crippen LogP contribution < -0.4 is 9.64 Å². The smallest absolute Gasteiger partial charge is 0.248 e. The number of aromatic nitrogens is 1. The first-order chi connectivity index (χ1) is 13.7. The van der Waals surface area contributed by atoms with Gasteiger partial charge >= 0.3 is 0 Å². The minimum absolute atomic E-state index is 0.0364. The number of hydrogen-bond acceptors (Lipinski definition) is 5. The molecule has 1 aromatic heterocycles. The van der Waals surface area contributed by atoms with E-state index in [9.17, 15) is 9.18 Å². The summed E-state index contributed by atoms with van der Waals surface area (Å²) >= 11 is 0. The van der Waals surface area contributed by atoms with Gasteiger partial charge in [-0.05, 0) is 49.2 Å². The number of nitrogens with zero attached hydrogens (tertiary/aromatic N) is 3. The number of halogens is 1. The van der Waals surface area contributed by atoms with E-state index in [1.165, 1.54) is 12.1 Å². The van der Waals surface area contributed by atoms with Crippen LogP contribution in [0.25, 0.3) is 0 Å². The van der Waals surface area contributed by atoms with Crippen molar-refractivity contribution < 1.29 is 18.7 Å². The quantitative estimate of drug-likeness (QED) is 0.792. The highest BCUT2D eigenvalue weighted by Gasteiger charge is 2.34. The maximum Gasteiger partial charge on any atom is 0.248 e. The van der Waals surface area contributed by atoms with Gasteiger partial charge in [-0.15, -0.1) is 0 Å². The minimum atomic E-state index is -0.296. The Morgan fingerprint density at radius 2 is 1.93 bits per heavy atom. The Balaban J connectivity index is 1.30. The van der Waals surface area contributed by atoms with E-state index in [0.29, 0.717) is 18.9 Å². The second-order valence-electron chi connectivity index (χ2n) is 7.15. The Bertz CT molecular complexity index is 779. The largest absolute Gasteiger partial charge is 0.491 e. The molecule has 2 aromatic rings. The number of anilines is 1. The summed E-state index contributed by atoms with van der Waals surface area (Å²) in [6, 6.07) is 12.0.